The zero-order valence-corrected chi connectivity index (χ0v) is 11.4. The Bertz CT molecular complexity index is 263. The maximum Gasteiger partial charge on any atom is 0.407 e. The van der Waals surface area contributed by atoms with E-state index in [1.54, 1.807) is 7.11 Å². The predicted molar refractivity (Wildman–Crippen MR) is 66.1 cm³/mol. The minimum Gasteiger partial charge on any atom is -0.453 e. The Morgan fingerprint density at radius 2 is 2.00 bits per heavy atom. The second-order valence-corrected chi connectivity index (χ2v) is 5.42. The molecule has 0 aromatic carbocycles. The molecule has 1 aliphatic rings. The number of hydrogen-bond acceptors (Lipinski definition) is 4. The number of alkyl carbamates (subject to hydrolysis) is 1. The Kier molecular flexibility index (Phi) is 4.77. The van der Waals surface area contributed by atoms with E-state index in [2.05, 4.69) is 35.7 Å². The lowest BCUT2D eigenvalue weighted by Crippen LogP contribution is -2.58. The highest BCUT2D eigenvalue weighted by Crippen LogP contribution is 2.21. The van der Waals surface area contributed by atoms with Crippen LogP contribution in [0.5, 0.6) is 0 Å². The lowest BCUT2D eigenvalue weighted by Gasteiger charge is -2.44. The molecule has 1 N–H and O–H groups in total. The fourth-order valence-electron chi connectivity index (χ4n) is 2.14. The van der Waals surface area contributed by atoms with E-state index in [1.165, 1.54) is 7.11 Å². The first-order valence-electron chi connectivity index (χ1n) is 6.01. The van der Waals surface area contributed by atoms with Gasteiger partial charge in [0.15, 0.2) is 0 Å². The molecular formula is C12H24N2O3. The van der Waals surface area contributed by atoms with Crippen LogP contribution in [0.25, 0.3) is 0 Å². The van der Waals surface area contributed by atoms with E-state index >= 15 is 0 Å². The van der Waals surface area contributed by atoms with Gasteiger partial charge in [0.25, 0.3) is 0 Å². The lowest BCUT2D eigenvalue weighted by atomic mass is 9.96. The predicted octanol–water partition coefficient (Wildman–Crippen LogP) is 1.23. The molecule has 2 atom stereocenters. The summed E-state index contributed by atoms with van der Waals surface area (Å²) in [6.45, 7) is 8.35. The number of ether oxygens (including phenoxy) is 2. The summed E-state index contributed by atoms with van der Waals surface area (Å²) >= 11 is 0. The molecule has 1 amide bonds. The molecule has 0 aromatic rings. The molecule has 0 aliphatic carbocycles. The van der Waals surface area contributed by atoms with Crippen LogP contribution in [0.2, 0.25) is 0 Å². The summed E-state index contributed by atoms with van der Waals surface area (Å²) in [6, 6.07) is 0.0334. The van der Waals surface area contributed by atoms with Crippen molar-refractivity contribution in [1.82, 2.24) is 10.2 Å². The van der Waals surface area contributed by atoms with Crippen molar-refractivity contribution in [1.29, 1.82) is 0 Å². The largest absolute Gasteiger partial charge is 0.453 e. The highest BCUT2D eigenvalue weighted by Gasteiger charge is 2.34. The molecule has 0 radical (unpaired) electrons. The summed E-state index contributed by atoms with van der Waals surface area (Å²) in [5, 5.41) is 2.83. The van der Waals surface area contributed by atoms with E-state index in [0.717, 1.165) is 19.5 Å². The maximum absolute atomic E-state index is 11.2. The molecule has 0 aromatic heterocycles. The van der Waals surface area contributed by atoms with E-state index in [1.807, 2.05) is 0 Å². The molecule has 0 saturated carbocycles. The molecule has 0 bridgehead atoms. The van der Waals surface area contributed by atoms with Gasteiger partial charge in [0.1, 0.15) is 0 Å². The molecule has 1 heterocycles. The van der Waals surface area contributed by atoms with Gasteiger partial charge in [-0.3, -0.25) is 4.90 Å². The Balaban J connectivity index is 2.59. The van der Waals surface area contributed by atoms with Crippen molar-refractivity contribution >= 4 is 6.09 Å². The number of methoxy groups -OCH3 is 2. The quantitative estimate of drug-likeness (QED) is 0.794. The van der Waals surface area contributed by atoms with Crippen LogP contribution in [0.4, 0.5) is 4.79 Å². The topological polar surface area (TPSA) is 50.8 Å². The zero-order chi connectivity index (χ0) is 13.1. The highest BCUT2D eigenvalue weighted by atomic mass is 16.5. The fraction of sp³-hybridized carbons (Fsp3) is 0.917. The molecule has 5 heteroatoms. The fourth-order valence-corrected chi connectivity index (χ4v) is 2.14. The zero-order valence-electron chi connectivity index (χ0n) is 11.4. The van der Waals surface area contributed by atoms with E-state index < -0.39 is 0 Å². The average molecular weight is 244 g/mol. The monoisotopic (exact) mass is 244 g/mol. The van der Waals surface area contributed by atoms with Gasteiger partial charge in [0.05, 0.1) is 19.3 Å². The molecule has 100 valence electrons. The summed E-state index contributed by atoms with van der Waals surface area (Å²) in [4.78, 5) is 13.6. The number of piperidine rings is 1. The Morgan fingerprint density at radius 3 is 2.47 bits per heavy atom. The van der Waals surface area contributed by atoms with Gasteiger partial charge in [0, 0.05) is 25.7 Å². The van der Waals surface area contributed by atoms with Crippen LogP contribution in [-0.2, 0) is 9.47 Å². The third-order valence-corrected chi connectivity index (χ3v) is 3.30. The average Bonchev–Trinajstić information content (AvgIpc) is 2.27. The lowest BCUT2D eigenvalue weighted by molar-refractivity contribution is -0.0229. The van der Waals surface area contributed by atoms with Gasteiger partial charge < -0.3 is 14.8 Å². The van der Waals surface area contributed by atoms with Gasteiger partial charge in [-0.2, -0.15) is 0 Å². The first kappa shape index (κ1) is 14.3. The van der Waals surface area contributed by atoms with Gasteiger partial charge in [-0.1, -0.05) is 0 Å². The molecule has 0 spiro atoms. The molecule has 1 saturated heterocycles. The summed E-state index contributed by atoms with van der Waals surface area (Å²) in [5.74, 6) is 0. The highest BCUT2D eigenvalue weighted by molar-refractivity contribution is 5.67. The van der Waals surface area contributed by atoms with Crippen molar-refractivity contribution in [3.05, 3.63) is 0 Å². The van der Waals surface area contributed by atoms with Crippen molar-refractivity contribution in [3.63, 3.8) is 0 Å². The molecule has 1 fully saturated rings. The number of carbonyl (C=O) groups is 1. The van der Waals surface area contributed by atoms with E-state index in [0.29, 0.717) is 0 Å². The molecule has 17 heavy (non-hydrogen) atoms. The van der Waals surface area contributed by atoms with Crippen LogP contribution >= 0.6 is 0 Å². The van der Waals surface area contributed by atoms with Gasteiger partial charge >= 0.3 is 6.09 Å². The first-order chi connectivity index (χ1) is 7.88. The number of nitrogens with zero attached hydrogens (tertiary/aromatic N) is 1. The first-order valence-corrected chi connectivity index (χ1v) is 6.01. The third-order valence-electron chi connectivity index (χ3n) is 3.30. The SMILES string of the molecule is COC(=O)N[C@@H]1CCN(C(C)(C)C)C[C@H]1OC. The summed E-state index contributed by atoms with van der Waals surface area (Å²) in [7, 11) is 3.06. The van der Waals surface area contributed by atoms with Gasteiger partial charge in [-0.05, 0) is 27.2 Å². The summed E-state index contributed by atoms with van der Waals surface area (Å²) < 4.78 is 10.1. The molecule has 1 rings (SSSR count). The van der Waals surface area contributed by atoms with Crippen LogP contribution in [0.15, 0.2) is 0 Å². The number of likely N-dealkylation sites (tertiary alicyclic amines) is 1. The van der Waals surface area contributed by atoms with Crippen LogP contribution in [0, 0.1) is 0 Å². The minimum atomic E-state index is -0.388. The second-order valence-electron chi connectivity index (χ2n) is 5.42. The van der Waals surface area contributed by atoms with Crippen LogP contribution in [-0.4, -0.2) is 56.0 Å². The molecule has 1 aliphatic heterocycles. The van der Waals surface area contributed by atoms with Crippen molar-refractivity contribution in [2.24, 2.45) is 0 Å². The van der Waals surface area contributed by atoms with Crippen molar-refractivity contribution in [2.45, 2.75) is 44.9 Å². The van der Waals surface area contributed by atoms with Crippen LogP contribution in [0.3, 0.4) is 0 Å². The Hall–Kier alpha value is -0.810. The van der Waals surface area contributed by atoms with E-state index in [-0.39, 0.29) is 23.8 Å². The molecule has 5 nitrogen and oxygen atoms in total. The molecular weight excluding hydrogens is 220 g/mol. The van der Waals surface area contributed by atoms with Crippen LogP contribution < -0.4 is 5.32 Å². The smallest absolute Gasteiger partial charge is 0.407 e. The van der Waals surface area contributed by atoms with Crippen molar-refractivity contribution in [3.8, 4) is 0 Å². The Morgan fingerprint density at radius 1 is 1.35 bits per heavy atom. The number of carbonyl (C=O) groups excluding carboxylic acids is 1. The summed E-state index contributed by atoms with van der Waals surface area (Å²) in [6.07, 6.45) is 0.508. The number of nitrogens with one attached hydrogen (secondary N) is 1. The van der Waals surface area contributed by atoms with Gasteiger partial charge in [0.2, 0.25) is 0 Å². The van der Waals surface area contributed by atoms with Crippen LogP contribution in [0.1, 0.15) is 27.2 Å². The van der Waals surface area contributed by atoms with Crippen molar-refractivity contribution in [2.75, 3.05) is 27.3 Å². The van der Waals surface area contributed by atoms with Crippen molar-refractivity contribution < 1.29 is 14.3 Å². The standard InChI is InChI=1S/C12H24N2O3/c1-12(2,3)14-7-6-9(10(8-14)16-4)13-11(15)17-5/h9-10H,6-8H2,1-5H3,(H,13,15)/t9-,10-/m1/s1. The molecule has 0 unspecified atom stereocenters. The van der Waals surface area contributed by atoms with E-state index in [9.17, 15) is 4.79 Å². The Labute approximate surface area is 103 Å². The van der Waals surface area contributed by atoms with E-state index in [4.69, 9.17) is 4.74 Å². The van der Waals surface area contributed by atoms with Gasteiger partial charge in [-0.25, -0.2) is 4.79 Å². The number of amides is 1. The van der Waals surface area contributed by atoms with Gasteiger partial charge in [-0.15, -0.1) is 0 Å². The minimum absolute atomic E-state index is 0.0158. The number of rotatable bonds is 2. The third kappa shape index (κ3) is 3.85. The second kappa shape index (κ2) is 5.69. The normalized spacial score (nSPS) is 26.6. The maximum atomic E-state index is 11.2. The number of hydrogen-bond donors (Lipinski definition) is 1. The summed E-state index contributed by atoms with van der Waals surface area (Å²) in [5.41, 5.74) is 0.132.